The average Bonchev–Trinajstić information content (AvgIpc) is 2.63. The van der Waals surface area contributed by atoms with Crippen molar-refractivity contribution < 1.29 is 19.1 Å². The summed E-state index contributed by atoms with van der Waals surface area (Å²) in [6.07, 6.45) is 1.25. The number of carbonyl (C=O) groups excluding carboxylic acids is 2. The molecule has 0 aliphatic rings. The molecule has 0 bridgehead atoms. The van der Waals surface area contributed by atoms with E-state index >= 15 is 0 Å². The van der Waals surface area contributed by atoms with Crippen molar-refractivity contribution in [3.05, 3.63) is 63.0 Å². The van der Waals surface area contributed by atoms with Gasteiger partial charge >= 0.3 is 5.97 Å². The van der Waals surface area contributed by atoms with Gasteiger partial charge < -0.3 is 19.4 Å². The molecule has 1 heterocycles. The van der Waals surface area contributed by atoms with Crippen molar-refractivity contribution in [3.63, 3.8) is 0 Å². The third-order valence-corrected chi connectivity index (χ3v) is 3.95. The number of ether oxygens (including phenoxy) is 2. The molecule has 0 aliphatic carbocycles. The number of hydrogen-bond acceptors (Lipinski definition) is 5. The Morgan fingerprint density at radius 1 is 1.20 bits per heavy atom. The van der Waals surface area contributed by atoms with E-state index in [9.17, 15) is 14.4 Å². The molecule has 1 amide bonds. The maximum atomic E-state index is 12.7. The van der Waals surface area contributed by atoms with Crippen molar-refractivity contribution in [3.8, 4) is 5.75 Å². The highest BCUT2D eigenvalue weighted by Crippen LogP contribution is 2.25. The summed E-state index contributed by atoms with van der Waals surface area (Å²) in [6, 6.07) is 6.99. The Labute approximate surface area is 149 Å². The van der Waals surface area contributed by atoms with Crippen LogP contribution in [0.2, 0.25) is 5.02 Å². The van der Waals surface area contributed by atoms with Crippen LogP contribution in [0.25, 0.3) is 0 Å². The summed E-state index contributed by atoms with van der Waals surface area (Å²) in [5.74, 6) is -0.477. The van der Waals surface area contributed by atoms with Crippen LogP contribution in [0.5, 0.6) is 5.75 Å². The van der Waals surface area contributed by atoms with E-state index in [1.54, 1.807) is 24.3 Å². The lowest BCUT2D eigenvalue weighted by molar-refractivity contribution is -0.145. The van der Waals surface area contributed by atoms with Crippen molar-refractivity contribution in [1.82, 2.24) is 9.88 Å². The van der Waals surface area contributed by atoms with Gasteiger partial charge in [0, 0.05) is 13.2 Å². The number of likely N-dealkylation sites (N-methyl/N-ethyl adjacent to an activating group) is 1. The third-order valence-electron chi connectivity index (χ3n) is 3.67. The second kappa shape index (κ2) is 7.85. The first kappa shape index (κ1) is 18.5. The van der Waals surface area contributed by atoms with Gasteiger partial charge in [-0.05, 0) is 23.8 Å². The predicted molar refractivity (Wildman–Crippen MR) is 91.9 cm³/mol. The van der Waals surface area contributed by atoms with Crippen LogP contribution in [0.1, 0.15) is 22.0 Å². The van der Waals surface area contributed by atoms with E-state index in [0.717, 1.165) is 0 Å². The van der Waals surface area contributed by atoms with Crippen LogP contribution in [-0.4, -0.2) is 43.0 Å². The summed E-state index contributed by atoms with van der Waals surface area (Å²) in [6.45, 7) is 0. The van der Waals surface area contributed by atoms with Crippen LogP contribution in [0, 0.1) is 0 Å². The molecule has 0 fully saturated rings. The Hall–Kier alpha value is -2.80. The maximum Gasteiger partial charge on any atom is 0.333 e. The standard InChI is InChI=1S/C17H17ClN2O5/c1-20(16(22)11-8-13(18)15(21)19-9-11)14(17(23)25-3)10-4-6-12(24-2)7-5-10/h4-9,14H,1-3H3,(H,19,21)/t14-/m1/s1. The Morgan fingerprint density at radius 2 is 1.84 bits per heavy atom. The number of H-pyrrole nitrogens is 1. The second-order valence-electron chi connectivity index (χ2n) is 5.18. The molecular formula is C17H17ClN2O5. The van der Waals surface area contributed by atoms with Gasteiger partial charge in [-0.15, -0.1) is 0 Å². The number of benzene rings is 1. The molecule has 0 spiro atoms. The fraction of sp³-hybridized carbons (Fsp3) is 0.235. The van der Waals surface area contributed by atoms with Gasteiger partial charge in [-0.3, -0.25) is 9.59 Å². The number of rotatable bonds is 5. The summed E-state index contributed by atoms with van der Waals surface area (Å²) >= 11 is 5.76. The van der Waals surface area contributed by atoms with Crippen LogP contribution in [0.4, 0.5) is 0 Å². The fourth-order valence-corrected chi connectivity index (χ4v) is 2.49. The Morgan fingerprint density at radius 3 is 2.36 bits per heavy atom. The van der Waals surface area contributed by atoms with Gasteiger partial charge in [0.25, 0.3) is 11.5 Å². The van der Waals surface area contributed by atoms with Crippen molar-refractivity contribution in [1.29, 1.82) is 0 Å². The molecular weight excluding hydrogens is 348 g/mol. The van der Waals surface area contributed by atoms with E-state index in [1.165, 1.54) is 38.4 Å². The van der Waals surface area contributed by atoms with Crippen molar-refractivity contribution in [2.75, 3.05) is 21.3 Å². The zero-order chi connectivity index (χ0) is 18.6. The van der Waals surface area contributed by atoms with Gasteiger partial charge in [0.15, 0.2) is 6.04 Å². The quantitative estimate of drug-likeness (QED) is 0.820. The summed E-state index contributed by atoms with van der Waals surface area (Å²) in [5.41, 5.74) is 0.203. The summed E-state index contributed by atoms with van der Waals surface area (Å²) in [7, 11) is 4.24. The summed E-state index contributed by atoms with van der Waals surface area (Å²) in [5, 5.41) is -0.113. The van der Waals surface area contributed by atoms with E-state index in [4.69, 9.17) is 21.1 Å². The van der Waals surface area contributed by atoms with Crippen molar-refractivity contribution >= 4 is 23.5 Å². The molecule has 8 heteroatoms. The number of carbonyl (C=O) groups is 2. The number of amides is 1. The van der Waals surface area contributed by atoms with Gasteiger partial charge in [0.2, 0.25) is 0 Å². The highest BCUT2D eigenvalue weighted by atomic mass is 35.5. The van der Waals surface area contributed by atoms with E-state index in [0.29, 0.717) is 11.3 Å². The van der Waals surface area contributed by atoms with E-state index < -0.39 is 23.5 Å². The maximum absolute atomic E-state index is 12.7. The molecule has 0 radical (unpaired) electrons. The monoisotopic (exact) mass is 364 g/mol. The van der Waals surface area contributed by atoms with Crippen molar-refractivity contribution in [2.45, 2.75) is 6.04 Å². The van der Waals surface area contributed by atoms with Crippen molar-refractivity contribution in [2.24, 2.45) is 0 Å². The van der Waals surface area contributed by atoms with Gasteiger partial charge in [0.05, 0.1) is 19.8 Å². The number of methoxy groups -OCH3 is 2. The molecule has 0 aliphatic heterocycles. The first-order chi connectivity index (χ1) is 11.9. The molecule has 2 aromatic rings. The van der Waals surface area contributed by atoms with Gasteiger partial charge in [-0.1, -0.05) is 23.7 Å². The zero-order valence-electron chi connectivity index (χ0n) is 13.9. The van der Waals surface area contributed by atoms with Crippen LogP contribution in [-0.2, 0) is 9.53 Å². The number of nitrogens with zero attached hydrogens (tertiary/aromatic N) is 1. The molecule has 1 atom stereocenters. The number of halogens is 1. The molecule has 7 nitrogen and oxygen atoms in total. The largest absolute Gasteiger partial charge is 0.497 e. The Bertz CT molecular complexity index is 832. The lowest BCUT2D eigenvalue weighted by atomic mass is 10.0. The normalized spacial score (nSPS) is 11.5. The zero-order valence-corrected chi connectivity index (χ0v) is 14.7. The number of nitrogens with one attached hydrogen (secondary N) is 1. The van der Waals surface area contributed by atoms with Gasteiger partial charge in [0.1, 0.15) is 10.8 Å². The molecule has 132 valence electrons. The van der Waals surface area contributed by atoms with Crippen LogP contribution < -0.4 is 10.3 Å². The summed E-state index contributed by atoms with van der Waals surface area (Å²) in [4.78, 5) is 39.8. The number of hydrogen-bond donors (Lipinski definition) is 1. The molecule has 0 saturated carbocycles. The topological polar surface area (TPSA) is 88.7 Å². The first-order valence-electron chi connectivity index (χ1n) is 7.26. The Kier molecular flexibility index (Phi) is 5.82. The van der Waals surface area contributed by atoms with Crippen LogP contribution >= 0.6 is 11.6 Å². The third kappa shape index (κ3) is 4.00. The molecule has 0 unspecified atom stereocenters. The minimum Gasteiger partial charge on any atom is -0.497 e. The predicted octanol–water partition coefficient (Wildman–Crippen LogP) is 2.02. The lowest BCUT2D eigenvalue weighted by Gasteiger charge is -2.26. The van der Waals surface area contributed by atoms with Crippen LogP contribution in [0.3, 0.4) is 0 Å². The molecule has 0 saturated heterocycles. The summed E-state index contributed by atoms with van der Waals surface area (Å²) < 4.78 is 9.92. The molecule has 25 heavy (non-hydrogen) atoms. The molecule has 1 aromatic heterocycles. The number of aromatic nitrogens is 1. The van der Waals surface area contributed by atoms with E-state index in [2.05, 4.69) is 4.98 Å². The molecule has 1 aromatic carbocycles. The van der Waals surface area contributed by atoms with E-state index in [1.807, 2.05) is 0 Å². The number of pyridine rings is 1. The van der Waals surface area contributed by atoms with Crippen LogP contribution in [0.15, 0.2) is 41.3 Å². The van der Waals surface area contributed by atoms with Gasteiger partial charge in [-0.2, -0.15) is 0 Å². The minimum absolute atomic E-state index is 0.113. The smallest absolute Gasteiger partial charge is 0.333 e. The van der Waals surface area contributed by atoms with Gasteiger partial charge in [-0.25, -0.2) is 4.79 Å². The SMILES string of the molecule is COC(=O)[C@@H](c1ccc(OC)cc1)N(C)C(=O)c1c[nH]c(=O)c(Cl)c1. The number of aromatic amines is 1. The minimum atomic E-state index is -0.964. The highest BCUT2D eigenvalue weighted by Gasteiger charge is 2.30. The number of esters is 1. The second-order valence-corrected chi connectivity index (χ2v) is 5.59. The fourth-order valence-electron chi connectivity index (χ4n) is 2.32. The Balaban J connectivity index is 2.38. The molecule has 2 rings (SSSR count). The average molecular weight is 365 g/mol. The highest BCUT2D eigenvalue weighted by molar-refractivity contribution is 6.30. The lowest BCUT2D eigenvalue weighted by Crippen LogP contribution is -2.36. The first-order valence-corrected chi connectivity index (χ1v) is 7.64. The van der Waals surface area contributed by atoms with E-state index in [-0.39, 0.29) is 10.6 Å². The molecule has 1 N–H and O–H groups in total.